The van der Waals surface area contributed by atoms with Gasteiger partial charge in [0.05, 0.1) is 25.1 Å². The summed E-state index contributed by atoms with van der Waals surface area (Å²) >= 11 is 0. The Kier molecular flexibility index (Phi) is 4.84. The lowest BCUT2D eigenvalue weighted by molar-refractivity contribution is 0.0519. The van der Waals surface area contributed by atoms with Crippen LogP contribution in [-0.4, -0.2) is 29.5 Å². The summed E-state index contributed by atoms with van der Waals surface area (Å²) < 4.78 is 12.1. The van der Waals surface area contributed by atoms with Gasteiger partial charge < -0.3 is 9.47 Å². The lowest BCUT2D eigenvalue weighted by atomic mass is 10.1. The fourth-order valence-electron chi connectivity index (χ4n) is 2.66. The highest BCUT2D eigenvalue weighted by atomic mass is 16.5. The van der Waals surface area contributed by atoms with Gasteiger partial charge in [0.25, 0.3) is 0 Å². The summed E-state index contributed by atoms with van der Waals surface area (Å²) in [5.41, 5.74) is 4.09. The molecule has 0 fully saturated rings. The van der Waals surface area contributed by atoms with Crippen molar-refractivity contribution >= 4 is 5.97 Å². The maximum Gasteiger partial charge on any atom is 0.358 e. The number of rotatable bonds is 5. The van der Waals surface area contributed by atoms with E-state index in [1.54, 1.807) is 24.8 Å². The lowest BCUT2D eigenvalue weighted by Crippen LogP contribution is -2.06. The van der Waals surface area contributed by atoms with Crippen LogP contribution in [-0.2, 0) is 4.74 Å². The third kappa shape index (κ3) is 3.40. The molecule has 0 unspecified atom stereocenters. The first-order chi connectivity index (χ1) is 12.1. The summed E-state index contributed by atoms with van der Waals surface area (Å²) in [4.78, 5) is 12.1. The Morgan fingerprint density at radius 1 is 1.12 bits per heavy atom. The molecule has 0 spiro atoms. The molecular weight excluding hydrogens is 316 g/mol. The zero-order valence-corrected chi connectivity index (χ0v) is 14.5. The van der Waals surface area contributed by atoms with Gasteiger partial charge in [-0.3, -0.25) is 0 Å². The number of aryl methyl sites for hydroxylation is 1. The van der Waals surface area contributed by atoms with Crippen molar-refractivity contribution in [2.45, 2.75) is 13.8 Å². The minimum atomic E-state index is -0.426. The predicted molar refractivity (Wildman–Crippen MR) is 96.2 cm³/mol. The molecule has 5 heteroatoms. The first-order valence-corrected chi connectivity index (χ1v) is 8.11. The fourth-order valence-corrected chi connectivity index (χ4v) is 2.66. The molecule has 0 bridgehead atoms. The van der Waals surface area contributed by atoms with Crippen LogP contribution in [0.15, 0.2) is 54.6 Å². The molecule has 128 valence electrons. The molecule has 0 atom stereocenters. The second kappa shape index (κ2) is 7.21. The van der Waals surface area contributed by atoms with Gasteiger partial charge in [0, 0.05) is 5.56 Å². The second-order valence-electron chi connectivity index (χ2n) is 5.56. The third-order valence-corrected chi connectivity index (χ3v) is 3.93. The summed E-state index contributed by atoms with van der Waals surface area (Å²) in [5, 5.41) is 4.47. The van der Waals surface area contributed by atoms with E-state index in [0.29, 0.717) is 6.61 Å². The molecule has 0 N–H and O–H groups in total. The van der Waals surface area contributed by atoms with Gasteiger partial charge in [-0.05, 0) is 49.7 Å². The summed E-state index contributed by atoms with van der Waals surface area (Å²) in [6, 6.07) is 17.3. The SMILES string of the molecule is CCOC(=O)c1cc(-c2ccccc2C)n(-c2ccc(OC)cc2)n1. The van der Waals surface area contributed by atoms with Crippen LogP contribution in [0.5, 0.6) is 5.75 Å². The number of benzene rings is 2. The molecule has 0 aliphatic carbocycles. The van der Waals surface area contributed by atoms with E-state index in [-0.39, 0.29) is 5.69 Å². The van der Waals surface area contributed by atoms with Crippen LogP contribution in [0.3, 0.4) is 0 Å². The number of hydrogen-bond donors (Lipinski definition) is 0. The number of carbonyl (C=O) groups excluding carboxylic acids is 1. The summed E-state index contributed by atoms with van der Waals surface area (Å²) in [6.07, 6.45) is 0. The van der Waals surface area contributed by atoms with Crippen LogP contribution < -0.4 is 4.74 Å². The second-order valence-corrected chi connectivity index (χ2v) is 5.56. The minimum absolute atomic E-state index is 0.288. The maximum absolute atomic E-state index is 12.1. The number of nitrogens with zero attached hydrogens (tertiary/aromatic N) is 2. The summed E-state index contributed by atoms with van der Waals surface area (Å²) in [7, 11) is 1.63. The van der Waals surface area contributed by atoms with Gasteiger partial charge in [-0.25, -0.2) is 9.48 Å². The topological polar surface area (TPSA) is 53.4 Å². The van der Waals surface area contributed by atoms with Crippen molar-refractivity contribution in [1.29, 1.82) is 0 Å². The van der Waals surface area contributed by atoms with Crippen molar-refractivity contribution in [1.82, 2.24) is 9.78 Å². The standard InChI is InChI=1S/C20H20N2O3/c1-4-25-20(23)18-13-19(17-8-6-5-7-14(17)2)22(21-18)15-9-11-16(24-3)12-10-15/h5-13H,4H2,1-3H3. The third-order valence-electron chi connectivity index (χ3n) is 3.93. The molecule has 0 amide bonds. The molecule has 1 heterocycles. The van der Waals surface area contributed by atoms with Gasteiger partial charge in [-0.15, -0.1) is 0 Å². The predicted octanol–water partition coefficient (Wildman–Crippen LogP) is 4.03. The molecule has 2 aromatic carbocycles. The van der Waals surface area contributed by atoms with Gasteiger partial charge >= 0.3 is 5.97 Å². The first-order valence-electron chi connectivity index (χ1n) is 8.11. The highest BCUT2D eigenvalue weighted by Crippen LogP contribution is 2.27. The highest BCUT2D eigenvalue weighted by Gasteiger charge is 2.18. The van der Waals surface area contributed by atoms with E-state index in [1.165, 1.54) is 0 Å². The molecule has 3 aromatic rings. The van der Waals surface area contributed by atoms with E-state index in [2.05, 4.69) is 5.10 Å². The van der Waals surface area contributed by atoms with Crippen LogP contribution >= 0.6 is 0 Å². The van der Waals surface area contributed by atoms with E-state index >= 15 is 0 Å². The average Bonchev–Trinajstić information content (AvgIpc) is 3.07. The van der Waals surface area contributed by atoms with Crippen LogP contribution in [0, 0.1) is 6.92 Å². The molecule has 0 radical (unpaired) electrons. The number of hydrogen-bond acceptors (Lipinski definition) is 4. The zero-order chi connectivity index (χ0) is 17.8. The van der Waals surface area contributed by atoms with Crippen molar-refractivity contribution in [2.75, 3.05) is 13.7 Å². The Bertz CT molecular complexity index is 882. The number of esters is 1. The van der Waals surface area contributed by atoms with Gasteiger partial charge in [0.1, 0.15) is 5.75 Å². The minimum Gasteiger partial charge on any atom is -0.497 e. The van der Waals surface area contributed by atoms with Crippen LogP contribution in [0.1, 0.15) is 23.0 Å². The molecule has 25 heavy (non-hydrogen) atoms. The number of aromatic nitrogens is 2. The lowest BCUT2D eigenvalue weighted by Gasteiger charge is -2.10. The van der Waals surface area contributed by atoms with Gasteiger partial charge in [-0.2, -0.15) is 5.10 Å². The molecule has 0 saturated carbocycles. The first kappa shape index (κ1) is 16.8. The molecule has 0 saturated heterocycles. The summed E-state index contributed by atoms with van der Waals surface area (Å²) in [5.74, 6) is 0.337. The smallest absolute Gasteiger partial charge is 0.358 e. The van der Waals surface area contributed by atoms with E-state index < -0.39 is 5.97 Å². The van der Waals surface area contributed by atoms with Gasteiger partial charge in [0.2, 0.25) is 0 Å². The van der Waals surface area contributed by atoms with Gasteiger partial charge in [0.15, 0.2) is 5.69 Å². The van der Waals surface area contributed by atoms with E-state index in [4.69, 9.17) is 9.47 Å². The Morgan fingerprint density at radius 3 is 2.48 bits per heavy atom. The van der Waals surface area contributed by atoms with Crippen molar-refractivity contribution in [3.8, 4) is 22.7 Å². The molecule has 0 aliphatic heterocycles. The maximum atomic E-state index is 12.1. The van der Waals surface area contributed by atoms with Crippen molar-refractivity contribution < 1.29 is 14.3 Å². The largest absolute Gasteiger partial charge is 0.497 e. The molecule has 1 aromatic heterocycles. The fraction of sp³-hybridized carbons (Fsp3) is 0.200. The Morgan fingerprint density at radius 2 is 1.84 bits per heavy atom. The number of methoxy groups -OCH3 is 1. The average molecular weight is 336 g/mol. The van der Waals surface area contributed by atoms with E-state index in [0.717, 1.165) is 28.3 Å². The van der Waals surface area contributed by atoms with Gasteiger partial charge in [-0.1, -0.05) is 24.3 Å². The Labute approximate surface area is 146 Å². The number of carbonyl (C=O) groups is 1. The normalized spacial score (nSPS) is 10.5. The monoisotopic (exact) mass is 336 g/mol. The summed E-state index contributed by atoms with van der Waals surface area (Å²) in [6.45, 7) is 4.12. The molecular formula is C20H20N2O3. The highest BCUT2D eigenvalue weighted by molar-refractivity contribution is 5.89. The van der Waals surface area contributed by atoms with E-state index in [9.17, 15) is 4.79 Å². The molecule has 0 aliphatic rings. The van der Waals surface area contributed by atoms with Crippen LogP contribution in [0.4, 0.5) is 0 Å². The van der Waals surface area contributed by atoms with E-state index in [1.807, 2.05) is 55.5 Å². The number of ether oxygens (including phenoxy) is 2. The van der Waals surface area contributed by atoms with Crippen molar-refractivity contribution in [3.05, 3.63) is 65.9 Å². The molecule has 5 nitrogen and oxygen atoms in total. The zero-order valence-electron chi connectivity index (χ0n) is 14.5. The Balaban J connectivity index is 2.14. The van der Waals surface area contributed by atoms with Crippen molar-refractivity contribution in [3.63, 3.8) is 0 Å². The van der Waals surface area contributed by atoms with Crippen LogP contribution in [0.25, 0.3) is 16.9 Å². The quantitative estimate of drug-likeness (QED) is 0.660. The van der Waals surface area contributed by atoms with Crippen LogP contribution in [0.2, 0.25) is 0 Å². The molecule has 3 rings (SSSR count). The Hall–Kier alpha value is -3.08. The van der Waals surface area contributed by atoms with Crippen molar-refractivity contribution in [2.24, 2.45) is 0 Å².